The number of nitrogens with one attached hydrogen (secondary N) is 2. The Labute approximate surface area is 228 Å². The van der Waals surface area contributed by atoms with Crippen LogP contribution in [-0.4, -0.2) is 69.7 Å². The summed E-state index contributed by atoms with van der Waals surface area (Å²) in [4.78, 5) is 40.8. The molecule has 9 heteroatoms. The zero-order valence-electron chi connectivity index (χ0n) is 22.4. The lowest BCUT2D eigenvalue weighted by molar-refractivity contribution is -0.147. The smallest absolute Gasteiger partial charge is 0.258 e. The summed E-state index contributed by atoms with van der Waals surface area (Å²) in [5.74, 6) is -0.512. The summed E-state index contributed by atoms with van der Waals surface area (Å²) in [6.07, 6.45) is 0.226. The van der Waals surface area contributed by atoms with E-state index in [1.807, 2.05) is 76.2 Å². The molecule has 0 spiro atoms. The van der Waals surface area contributed by atoms with Crippen molar-refractivity contribution in [1.29, 1.82) is 0 Å². The van der Waals surface area contributed by atoms with Gasteiger partial charge in [0.05, 0.1) is 11.9 Å². The maximum Gasteiger partial charge on any atom is 0.258 e. The molecular weight excluding hydrogens is 502 g/mol. The second-order valence-corrected chi connectivity index (χ2v) is 11.5. The average Bonchev–Trinajstić information content (AvgIpc) is 3.21. The van der Waals surface area contributed by atoms with Crippen molar-refractivity contribution >= 4 is 29.5 Å². The Balaban J connectivity index is 1.78. The number of rotatable bonds is 11. The maximum atomic E-state index is 13.6. The van der Waals surface area contributed by atoms with Crippen molar-refractivity contribution < 1.29 is 24.2 Å². The fourth-order valence-electron chi connectivity index (χ4n) is 4.55. The second-order valence-electron chi connectivity index (χ2n) is 9.94. The molecule has 3 N–H and O–H groups in total. The molecule has 38 heavy (non-hydrogen) atoms. The van der Waals surface area contributed by atoms with Gasteiger partial charge < -0.3 is 25.4 Å². The number of aryl methyl sites for hydroxylation is 2. The van der Waals surface area contributed by atoms with Crippen LogP contribution in [0.2, 0.25) is 0 Å². The minimum atomic E-state index is -1.57. The van der Waals surface area contributed by atoms with Gasteiger partial charge in [-0.2, -0.15) is 0 Å². The summed E-state index contributed by atoms with van der Waals surface area (Å²) in [5, 5.41) is 16.8. The molecule has 3 atom stereocenters. The first-order chi connectivity index (χ1) is 18.0. The number of carbonyl (C=O) groups excluding carboxylic acids is 3. The molecule has 2 aromatic rings. The number of ether oxygens (including phenoxy) is 1. The third-order valence-corrected chi connectivity index (χ3v) is 7.91. The predicted octanol–water partition coefficient (Wildman–Crippen LogP) is 2.75. The van der Waals surface area contributed by atoms with Crippen LogP contribution < -0.4 is 15.4 Å². The van der Waals surface area contributed by atoms with Crippen molar-refractivity contribution in [3.8, 4) is 5.75 Å². The number of hydrogen-bond donors (Lipinski definition) is 3. The van der Waals surface area contributed by atoms with Crippen LogP contribution in [0.15, 0.2) is 61.2 Å². The van der Waals surface area contributed by atoms with Gasteiger partial charge in [-0.3, -0.25) is 14.4 Å². The van der Waals surface area contributed by atoms with E-state index in [1.165, 1.54) is 16.7 Å². The van der Waals surface area contributed by atoms with Crippen LogP contribution in [-0.2, 0) is 20.8 Å². The molecule has 1 saturated heterocycles. The molecule has 3 amide bonds. The number of benzene rings is 2. The van der Waals surface area contributed by atoms with Crippen molar-refractivity contribution in [1.82, 2.24) is 15.5 Å². The molecule has 0 unspecified atom stereocenters. The summed E-state index contributed by atoms with van der Waals surface area (Å²) in [6, 6.07) is 13.3. The first-order valence-electron chi connectivity index (χ1n) is 12.6. The molecule has 8 nitrogen and oxygen atoms in total. The number of aliphatic hydroxyl groups is 1. The molecule has 0 aromatic heterocycles. The van der Waals surface area contributed by atoms with Gasteiger partial charge >= 0.3 is 0 Å². The standard InChI is InChI=1S/C29H37N3O5S/c1-6-15-30-27(35)26-29(4,5)38-18-32(26)28(36)24(34)22(16-21-13-8-7-9-14-21)31-23(33)17-37-25-19(2)11-10-12-20(25)3/h6-14,22,24,26,34H,1,15-18H2,2-5H3,(H,30,35)(H,31,33)/t22-,24-,26+/m0/s1. The Morgan fingerprint density at radius 3 is 2.45 bits per heavy atom. The maximum absolute atomic E-state index is 13.6. The molecular formula is C29H37N3O5S. The molecule has 1 fully saturated rings. The van der Waals surface area contributed by atoms with Gasteiger partial charge in [0, 0.05) is 11.3 Å². The lowest BCUT2D eigenvalue weighted by atomic mass is 9.97. The predicted molar refractivity (Wildman–Crippen MR) is 150 cm³/mol. The number of carbonyl (C=O) groups is 3. The molecule has 1 aliphatic heterocycles. The zero-order valence-corrected chi connectivity index (χ0v) is 23.2. The van der Waals surface area contributed by atoms with E-state index < -0.39 is 34.7 Å². The first-order valence-corrected chi connectivity index (χ1v) is 13.6. The Bertz CT molecular complexity index is 1130. The molecule has 3 rings (SSSR count). The highest BCUT2D eigenvalue weighted by molar-refractivity contribution is 8.00. The van der Waals surface area contributed by atoms with Crippen molar-refractivity contribution in [2.75, 3.05) is 19.0 Å². The van der Waals surface area contributed by atoms with Gasteiger partial charge in [0.1, 0.15) is 11.8 Å². The van der Waals surface area contributed by atoms with Gasteiger partial charge in [0.25, 0.3) is 11.8 Å². The van der Waals surface area contributed by atoms with E-state index in [0.29, 0.717) is 5.75 Å². The van der Waals surface area contributed by atoms with E-state index in [9.17, 15) is 19.5 Å². The fraction of sp³-hybridized carbons (Fsp3) is 0.414. The van der Waals surface area contributed by atoms with Gasteiger partial charge in [-0.25, -0.2) is 0 Å². The minimum Gasteiger partial charge on any atom is -0.483 e. The van der Waals surface area contributed by atoms with Crippen LogP contribution in [0.3, 0.4) is 0 Å². The minimum absolute atomic E-state index is 0.223. The van der Waals surface area contributed by atoms with Crippen LogP contribution >= 0.6 is 11.8 Å². The summed E-state index contributed by atoms with van der Waals surface area (Å²) in [7, 11) is 0. The van der Waals surface area contributed by atoms with Crippen LogP contribution in [0.1, 0.15) is 30.5 Å². The van der Waals surface area contributed by atoms with Crippen LogP contribution in [0.25, 0.3) is 0 Å². The molecule has 0 bridgehead atoms. The summed E-state index contributed by atoms with van der Waals surface area (Å²) >= 11 is 1.46. The molecule has 1 aliphatic rings. The quantitative estimate of drug-likeness (QED) is 0.379. The highest BCUT2D eigenvalue weighted by Crippen LogP contribution is 2.39. The highest BCUT2D eigenvalue weighted by atomic mass is 32.2. The van der Waals surface area contributed by atoms with Crippen molar-refractivity contribution in [3.63, 3.8) is 0 Å². The lowest BCUT2D eigenvalue weighted by Gasteiger charge is -2.33. The normalized spacial score (nSPS) is 17.8. The number of amides is 3. The Morgan fingerprint density at radius 1 is 1.16 bits per heavy atom. The van der Waals surface area contributed by atoms with Gasteiger partial charge in [-0.1, -0.05) is 54.6 Å². The average molecular weight is 540 g/mol. The number of hydrogen-bond acceptors (Lipinski definition) is 6. The summed E-state index contributed by atoms with van der Waals surface area (Å²) < 4.78 is 5.22. The lowest BCUT2D eigenvalue weighted by Crippen LogP contribution is -2.59. The number of para-hydroxylation sites is 1. The van der Waals surface area contributed by atoms with E-state index in [0.717, 1.165) is 16.7 Å². The van der Waals surface area contributed by atoms with Crippen LogP contribution in [0.4, 0.5) is 0 Å². The van der Waals surface area contributed by atoms with E-state index in [4.69, 9.17) is 4.74 Å². The van der Waals surface area contributed by atoms with Gasteiger partial charge in [0.15, 0.2) is 12.7 Å². The Kier molecular flexibility index (Phi) is 9.99. The highest BCUT2D eigenvalue weighted by Gasteiger charge is 2.49. The molecule has 0 saturated carbocycles. The number of nitrogens with zero attached hydrogens (tertiary/aromatic N) is 1. The van der Waals surface area contributed by atoms with E-state index in [2.05, 4.69) is 17.2 Å². The van der Waals surface area contributed by atoms with E-state index in [1.54, 1.807) is 6.08 Å². The molecule has 0 aliphatic carbocycles. The monoisotopic (exact) mass is 539 g/mol. The number of aliphatic hydroxyl groups excluding tert-OH is 1. The number of thioether (sulfide) groups is 1. The van der Waals surface area contributed by atoms with Crippen LogP contribution in [0.5, 0.6) is 5.75 Å². The molecule has 2 aromatic carbocycles. The third-order valence-electron chi connectivity index (χ3n) is 6.53. The van der Waals surface area contributed by atoms with Gasteiger partial charge in [-0.15, -0.1) is 18.3 Å². The van der Waals surface area contributed by atoms with Crippen molar-refractivity contribution in [3.05, 3.63) is 77.9 Å². The van der Waals surface area contributed by atoms with Crippen LogP contribution in [0, 0.1) is 13.8 Å². The first kappa shape index (κ1) is 29.3. The SMILES string of the molecule is C=CCNC(=O)[C@H]1N(C(=O)[C@@H](O)[C@H](Cc2ccccc2)NC(=O)COc2c(C)cccc2C)CSC1(C)C. The molecule has 0 radical (unpaired) electrons. The van der Waals surface area contributed by atoms with E-state index in [-0.39, 0.29) is 31.4 Å². The fourth-order valence-corrected chi connectivity index (χ4v) is 5.69. The van der Waals surface area contributed by atoms with E-state index >= 15 is 0 Å². The Morgan fingerprint density at radius 2 is 1.82 bits per heavy atom. The molecule has 1 heterocycles. The molecule has 204 valence electrons. The van der Waals surface area contributed by atoms with Gasteiger partial charge in [-0.05, 0) is 50.8 Å². The zero-order chi connectivity index (χ0) is 27.9. The van der Waals surface area contributed by atoms with Gasteiger partial charge in [0.2, 0.25) is 5.91 Å². The second kappa shape index (κ2) is 13.0. The largest absolute Gasteiger partial charge is 0.483 e. The summed E-state index contributed by atoms with van der Waals surface area (Å²) in [6.45, 7) is 11.2. The topological polar surface area (TPSA) is 108 Å². The summed E-state index contributed by atoms with van der Waals surface area (Å²) in [5.41, 5.74) is 2.66. The Hall–Kier alpha value is -3.30. The third kappa shape index (κ3) is 7.17. The van der Waals surface area contributed by atoms with Crippen molar-refractivity contribution in [2.24, 2.45) is 0 Å². The van der Waals surface area contributed by atoms with Crippen molar-refractivity contribution in [2.45, 2.75) is 57.1 Å².